The summed E-state index contributed by atoms with van der Waals surface area (Å²) in [5.41, 5.74) is 2.18. The first-order valence-corrected chi connectivity index (χ1v) is 3.98. The lowest BCUT2D eigenvalue weighted by atomic mass is 10.2. The molecule has 2 rings (SSSR count). The summed E-state index contributed by atoms with van der Waals surface area (Å²) in [4.78, 5) is 3.19. The van der Waals surface area contributed by atoms with Gasteiger partial charge in [-0.2, -0.15) is 0 Å². The lowest BCUT2D eigenvalue weighted by Gasteiger charge is -1.94. The van der Waals surface area contributed by atoms with Gasteiger partial charge in [0.15, 0.2) is 0 Å². The summed E-state index contributed by atoms with van der Waals surface area (Å²) in [6.07, 6.45) is 0. The van der Waals surface area contributed by atoms with E-state index in [1.807, 2.05) is 25.1 Å². The number of aromatic nitrogens is 1. The first kappa shape index (κ1) is 7.50. The lowest BCUT2D eigenvalue weighted by Crippen LogP contribution is -1.74. The zero-order chi connectivity index (χ0) is 8.55. The fourth-order valence-corrected chi connectivity index (χ4v) is 1.40. The third-order valence-corrected chi connectivity index (χ3v) is 2.00. The van der Waals surface area contributed by atoms with E-state index in [-0.39, 0.29) is 0 Å². The van der Waals surface area contributed by atoms with Crippen LogP contribution in [0.15, 0.2) is 24.3 Å². The van der Waals surface area contributed by atoms with E-state index in [0.29, 0.717) is 5.75 Å². The van der Waals surface area contributed by atoms with Gasteiger partial charge in [-0.15, -0.1) is 0 Å². The molecule has 0 radical (unpaired) electrons. The zero-order valence-corrected chi connectivity index (χ0v) is 7.35. The Hall–Kier alpha value is -1.15. The monoisotopic (exact) mass is 181 g/mol. The van der Waals surface area contributed by atoms with Crippen molar-refractivity contribution in [3.05, 3.63) is 30.0 Å². The number of halogens is 1. The molecule has 0 aliphatic rings. The predicted octanol–water partition coefficient (Wildman–Crippen LogP) is 3.01. The normalized spacial score (nSPS) is 10.5. The van der Waals surface area contributed by atoms with Crippen molar-refractivity contribution in [1.82, 2.24) is 4.98 Å². The summed E-state index contributed by atoms with van der Waals surface area (Å²) in [5.74, 6) is 0.658. The molecular formula is C9H8ClNO. The van der Waals surface area contributed by atoms with Crippen LogP contribution in [-0.4, -0.2) is 4.98 Å². The van der Waals surface area contributed by atoms with Gasteiger partial charge in [0.1, 0.15) is 17.6 Å². The summed E-state index contributed by atoms with van der Waals surface area (Å²) in [7, 11) is 0. The van der Waals surface area contributed by atoms with E-state index in [9.17, 15) is 0 Å². The molecule has 0 aliphatic carbocycles. The van der Waals surface area contributed by atoms with Crippen molar-refractivity contribution in [2.45, 2.75) is 6.92 Å². The Balaban J connectivity index is 2.66. The minimum absolute atomic E-state index is 0.658. The van der Waals surface area contributed by atoms with Crippen molar-refractivity contribution in [1.29, 1.82) is 0 Å². The molecule has 0 spiro atoms. The summed E-state index contributed by atoms with van der Waals surface area (Å²) in [6, 6.07) is 7.75. The molecule has 0 saturated carbocycles. The highest BCUT2D eigenvalue weighted by atomic mass is 35.5. The van der Waals surface area contributed by atoms with Gasteiger partial charge in [0, 0.05) is 17.3 Å². The van der Waals surface area contributed by atoms with Crippen molar-refractivity contribution < 1.29 is 4.29 Å². The molecule has 0 bridgehead atoms. The van der Waals surface area contributed by atoms with Crippen LogP contribution >= 0.6 is 11.9 Å². The van der Waals surface area contributed by atoms with Gasteiger partial charge in [-0.3, -0.25) is 0 Å². The molecule has 62 valence electrons. The number of fused-ring (bicyclic) bond motifs is 1. The van der Waals surface area contributed by atoms with E-state index >= 15 is 0 Å². The highest BCUT2D eigenvalue weighted by Crippen LogP contribution is 2.21. The SMILES string of the molecule is Cc1cc2ccc(OCl)cc2[nH]1. The Labute approximate surface area is 75.3 Å². The molecule has 1 aromatic carbocycles. The fraction of sp³-hybridized carbons (Fsp3) is 0.111. The van der Waals surface area contributed by atoms with Crippen molar-refractivity contribution in [3.8, 4) is 5.75 Å². The molecule has 0 atom stereocenters. The van der Waals surface area contributed by atoms with Crippen LogP contribution in [0.3, 0.4) is 0 Å². The van der Waals surface area contributed by atoms with Crippen molar-refractivity contribution in [3.63, 3.8) is 0 Å². The summed E-state index contributed by atoms with van der Waals surface area (Å²) in [6.45, 7) is 2.02. The van der Waals surface area contributed by atoms with Crippen LogP contribution in [-0.2, 0) is 0 Å². The molecule has 1 heterocycles. The molecule has 12 heavy (non-hydrogen) atoms. The molecular weight excluding hydrogens is 174 g/mol. The summed E-state index contributed by atoms with van der Waals surface area (Å²) < 4.78 is 4.58. The maximum Gasteiger partial charge on any atom is 0.148 e. The van der Waals surface area contributed by atoms with Crippen molar-refractivity contribution in [2.75, 3.05) is 0 Å². The molecule has 0 amide bonds. The average molecular weight is 182 g/mol. The fourth-order valence-electron chi connectivity index (χ4n) is 1.30. The number of benzene rings is 1. The minimum Gasteiger partial charge on any atom is -0.386 e. The standard InChI is InChI=1S/C9H8ClNO/c1-6-4-7-2-3-8(12-10)5-9(7)11-6/h2-5,11H,1H3. The van der Waals surface area contributed by atoms with E-state index in [2.05, 4.69) is 15.3 Å². The van der Waals surface area contributed by atoms with Crippen LogP contribution in [0, 0.1) is 6.92 Å². The second kappa shape index (κ2) is 2.72. The third-order valence-electron chi connectivity index (χ3n) is 1.82. The van der Waals surface area contributed by atoms with E-state index in [4.69, 9.17) is 11.9 Å². The van der Waals surface area contributed by atoms with Gasteiger partial charge in [-0.05, 0) is 30.5 Å². The van der Waals surface area contributed by atoms with Gasteiger partial charge in [0.2, 0.25) is 0 Å². The third kappa shape index (κ3) is 1.14. The maximum atomic E-state index is 5.22. The Bertz CT molecular complexity index is 408. The van der Waals surface area contributed by atoms with E-state index < -0.39 is 0 Å². The van der Waals surface area contributed by atoms with Crippen molar-refractivity contribution in [2.24, 2.45) is 0 Å². The number of hydrogen-bond acceptors (Lipinski definition) is 1. The second-order valence-corrected chi connectivity index (χ2v) is 2.93. The van der Waals surface area contributed by atoms with Gasteiger partial charge in [-0.25, -0.2) is 0 Å². The molecule has 2 aromatic rings. The average Bonchev–Trinajstić information content (AvgIpc) is 2.43. The van der Waals surface area contributed by atoms with Crippen molar-refractivity contribution >= 4 is 22.8 Å². The van der Waals surface area contributed by atoms with E-state index in [1.54, 1.807) is 0 Å². The molecule has 3 heteroatoms. The van der Waals surface area contributed by atoms with Crippen LogP contribution in [0.25, 0.3) is 10.9 Å². The quantitative estimate of drug-likeness (QED) is 0.719. The smallest absolute Gasteiger partial charge is 0.148 e. The molecule has 0 aliphatic heterocycles. The Morgan fingerprint density at radius 1 is 1.33 bits per heavy atom. The molecule has 0 saturated heterocycles. The van der Waals surface area contributed by atoms with Crippen LogP contribution in [0.2, 0.25) is 0 Å². The lowest BCUT2D eigenvalue weighted by molar-refractivity contribution is 0.620. The van der Waals surface area contributed by atoms with Gasteiger partial charge in [0.05, 0.1) is 0 Å². The van der Waals surface area contributed by atoms with Crippen LogP contribution in [0.4, 0.5) is 0 Å². The van der Waals surface area contributed by atoms with Gasteiger partial charge in [-0.1, -0.05) is 0 Å². The highest BCUT2D eigenvalue weighted by molar-refractivity contribution is 6.09. The first-order valence-electron chi connectivity index (χ1n) is 3.67. The Kier molecular flexibility index (Phi) is 1.70. The Morgan fingerprint density at radius 2 is 2.17 bits per heavy atom. The number of aromatic amines is 1. The maximum absolute atomic E-state index is 5.22. The topological polar surface area (TPSA) is 25.0 Å². The largest absolute Gasteiger partial charge is 0.386 e. The van der Waals surface area contributed by atoms with Gasteiger partial charge in [0.25, 0.3) is 0 Å². The first-order chi connectivity index (χ1) is 5.79. The summed E-state index contributed by atoms with van der Waals surface area (Å²) >= 11 is 5.22. The molecule has 1 N–H and O–H groups in total. The highest BCUT2D eigenvalue weighted by Gasteiger charge is 1.98. The number of nitrogens with one attached hydrogen (secondary N) is 1. The number of aryl methyl sites for hydroxylation is 1. The number of H-pyrrole nitrogens is 1. The number of hydrogen-bond donors (Lipinski definition) is 1. The predicted molar refractivity (Wildman–Crippen MR) is 49.5 cm³/mol. The van der Waals surface area contributed by atoms with Crippen LogP contribution < -0.4 is 4.29 Å². The second-order valence-electron chi connectivity index (χ2n) is 2.78. The van der Waals surface area contributed by atoms with Gasteiger partial charge < -0.3 is 9.27 Å². The van der Waals surface area contributed by atoms with E-state index in [1.165, 1.54) is 5.39 Å². The van der Waals surface area contributed by atoms with Gasteiger partial charge >= 0.3 is 0 Å². The summed E-state index contributed by atoms with van der Waals surface area (Å²) in [5, 5.41) is 1.17. The number of rotatable bonds is 1. The minimum atomic E-state index is 0.658. The molecule has 0 unspecified atom stereocenters. The zero-order valence-electron chi connectivity index (χ0n) is 6.60. The molecule has 2 nitrogen and oxygen atoms in total. The molecule has 1 aromatic heterocycles. The van der Waals surface area contributed by atoms with Crippen LogP contribution in [0.1, 0.15) is 5.69 Å². The van der Waals surface area contributed by atoms with Crippen LogP contribution in [0.5, 0.6) is 5.75 Å². The molecule has 0 fully saturated rings. The Morgan fingerprint density at radius 3 is 2.92 bits per heavy atom. The van der Waals surface area contributed by atoms with E-state index in [0.717, 1.165) is 11.2 Å².